The van der Waals surface area contributed by atoms with Crippen molar-refractivity contribution in [2.45, 2.75) is 104 Å². The van der Waals surface area contributed by atoms with E-state index in [2.05, 4.69) is 59.2 Å². The molecule has 2 aliphatic rings. The zero-order valence-corrected chi connectivity index (χ0v) is 35.1. The number of ether oxygens (including phenoxy) is 2. The van der Waals surface area contributed by atoms with Crippen molar-refractivity contribution >= 4 is 45.3 Å². The molecule has 2 aromatic carbocycles. The zero-order valence-electron chi connectivity index (χ0n) is 35.1. The Morgan fingerprint density at radius 2 is 0.983 bits per heavy atom. The Kier molecular flexibility index (Phi) is 12.7. The molecule has 2 saturated heterocycles. The smallest absolute Gasteiger partial charge is 0.251 e. The Hall–Kier alpha value is -5.86. The van der Waals surface area contributed by atoms with Gasteiger partial charge in [0, 0.05) is 98.3 Å². The fourth-order valence-electron chi connectivity index (χ4n) is 8.37. The van der Waals surface area contributed by atoms with E-state index >= 15 is 0 Å². The summed E-state index contributed by atoms with van der Waals surface area (Å²) in [7, 11) is 0. The van der Waals surface area contributed by atoms with Crippen LogP contribution >= 0.6 is 0 Å². The number of nitrogens with one attached hydrogen (secondary N) is 4. The lowest BCUT2D eigenvalue weighted by atomic mass is 10.0. The summed E-state index contributed by atoms with van der Waals surface area (Å²) in [5.41, 5.74) is 10.6. The minimum atomic E-state index is -0.164. The van der Waals surface area contributed by atoms with Gasteiger partial charge in [0.25, 0.3) is 11.8 Å². The number of aryl methyl sites for hydroxylation is 4. The molecule has 2 aliphatic heterocycles. The average Bonchev–Trinajstić information content (AvgIpc) is 3.92. The van der Waals surface area contributed by atoms with Crippen molar-refractivity contribution in [1.82, 2.24) is 40.2 Å². The second-order valence-electron chi connectivity index (χ2n) is 15.5. The molecule has 314 valence electrons. The number of hydrogen-bond donors (Lipinski definition) is 4. The van der Waals surface area contributed by atoms with Crippen LogP contribution in [0.2, 0.25) is 0 Å². The lowest BCUT2D eigenvalue weighted by Crippen LogP contribution is -2.30. The summed E-state index contributed by atoms with van der Waals surface area (Å²) in [5.74, 6) is -0.328. The Bertz CT molecular complexity index is 2270. The number of nitrogens with zero attached hydrogens (tertiary/aromatic N) is 6. The Labute approximate surface area is 350 Å². The van der Waals surface area contributed by atoms with Gasteiger partial charge in [0.1, 0.15) is 0 Å². The van der Waals surface area contributed by atoms with Gasteiger partial charge < -0.3 is 30.7 Å². The molecule has 14 heteroatoms. The number of carbonyl (C=O) groups excluding carboxylic acids is 2. The second-order valence-corrected chi connectivity index (χ2v) is 15.5. The maximum absolute atomic E-state index is 13.6. The molecule has 4 aromatic heterocycles. The van der Waals surface area contributed by atoms with Crippen molar-refractivity contribution in [1.29, 1.82) is 0 Å². The van der Waals surface area contributed by atoms with Crippen LogP contribution in [0.1, 0.15) is 96.6 Å². The number of hydrogen-bond acceptors (Lipinski definition) is 10. The molecule has 4 N–H and O–H groups in total. The van der Waals surface area contributed by atoms with Crippen molar-refractivity contribution in [3.8, 4) is 11.1 Å². The first-order valence-electron chi connectivity index (χ1n) is 21.6. The maximum atomic E-state index is 13.6. The molecule has 2 amide bonds. The summed E-state index contributed by atoms with van der Waals surface area (Å²) >= 11 is 0. The van der Waals surface area contributed by atoms with E-state index in [9.17, 15) is 9.59 Å². The number of aromatic nitrogens is 6. The summed E-state index contributed by atoms with van der Waals surface area (Å²) in [4.78, 5) is 37.1. The monoisotopic (exact) mass is 812 g/mol. The van der Waals surface area contributed by atoms with Gasteiger partial charge in [-0.05, 0) is 87.8 Å². The van der Waals surface area contributed by atoms with E-state index in [0.717, 1.165) is 145 Å². The Balaban J connectivity index is 0.938. The molecule has 6 aromatic rings. The SMILES string of the molecule is CCc1nc2c(cnn2CC)c(NC2CCOCC2)c1CNC(=O)c1ccc(-c2ccc(C(=O)NCc3c(CC)nc4c(cnn4CC)c3NC3CCOCC3)cc2)cc1. The Morgan fingerprint density at radius 3 is 1.33 bits per heavy atom. The van der Waals surface area contributed by atoms with Crippen LogP contribution in [0.3, 0.4) is 0 Å². The highest BCUT2D eigenvalue weighted by atomic mass is 16.5. The maximum Gasteiger partial charge on any atom is 0.251 e. The van der Waals surface area contributed by atoms with Crippen LogP contribution in [-0.2, 0) is 48.5 Å². The van der Waals surface area contributed by atoms with Gasteiger partial charge in [0.2, 0.25) is 0 Å². The second kappa shape index (κ2) is 18.6. The summed E-state index contributed by atoms with van der Waals surface area (Å²) in [6, 6.07) is 15.7. The summed E-state index contributed by atoms with van der Waals surface area (Å²) < 4.78 is 15.1. The van der Waals surface area contributed by atoms with E-state index in [0.29, 0.717) is 24.2 Å². The van der Waals surface area contributed by atoms with Crippen LogP contribution in [0.5, 0.6) is 0 Å². The molecular weight excluding hydrogens is 757 g/mol. The lowest BCUT2D eigenvalue weighted by Gasteiger charge is -2.26. The molecule has 0 bridgehead atoms. The van der Waals surface area contributed by atoms with Crippen LogP contribution in [0.4, 0.5) is 11.4 Å². The predicted octanol–water partition coefficient (Wildman–Crippen LogP) is 7.05. The normalized spacial score (nSPS) is 15.1. The van der Waals surface area contributed by atoms with Gasteiger partial charge in [-0.25, -0.2) is 19.3 Å². The van der Waals surface area contributed by atoms with Gasteiger partial charge >= 0.3 is 0 Å². The third-order valence-corrected chi connectivity index (χ3v) is 11.8. The van der Waals surface area contributed by atoms with Crippen LogP contribution in [0.25, 0.3) is 33.2 Å². The average molecular weight is 813 g/mol. The number of amides is 2. The van der Waals surface area contributed by atoms with Gasteiger partial charge in [-0.15, -0.1) is 0 Å². The van der Waals surface area contributed by atoms with Gasteiger partial charge in [0.05, 0.1) is 34.5 Å². The molecule has 0 spiro atoms. The van der Waals surface area contributed by atoms with E-state index in [1.807, 2.05) is 70.3 Å². The van der Waals surface area contributed by atoms with E-state index in [-0.39, 0.29) is 23.9 Å². The zero-order chi connectivity index (χ0) is 41.6. The van der Waals surface area contributed by atoms with Crippen molar-refractivity contribution < 1.29 is 19.1 Å². The van der Waals surface area contributed by atoms with Crippen molar-refractivity contribution in [3.05, 3.63) is 94.6 Å². The largest absolute Gasteiger partial charge is 0.381 e. The van der Waals surface area contributed by atoms with Crippen molar-refractivity contribution in [3.63, 3.8) is 0 Å². The number of benzene rings is 2. The number of fused-ring (bicyclic) bond motifs is 2. The highest BCUT2D eigenvalue weighted by molar-refractivity contribution is 5.97. The molecule has 14 nitrogen and oxygen atoms in total. The lowest BCUT2D eigenvalue weighted by molar-refractivity contribution is 0.0903. The van der Waals surface area contributed by atoms with Crippen molar-refractivity contribution in [2.75, 3.05) is 37.1 Å². The fraction of sp³-hybridized carbons (Fsp3) is 0.435. The Morgan fingerprint density at radius 1 is 0.600 bits per heavy atom. The first-order chi connectivity index (χ1) is 29.4. The summed E-state index contributed by atoms with van der Waals surface area (Å²) in [6.07, 6.45) is 8.87. The van der Waals surface area contributed by atoms with Gasteiger partial charge in [-0.1, -0.05) is 38.1 Å². The van der Waals surface area contributed by atoms with Crippen LogP contribution < -0.4 is 21.3 Å². The highest BCUT2D eigenvalue weighted by Crippen LogP contribution is 2.33. The molecule has 0 radical (unpaired) electrons. The standard InChI is InChI=1S/C46H56N10O4/c1-5-39-35(41(51-33-17-21-59-22-18-33)37-27-49-55(7-3)43(37)53-39)25-47-45(57)31-13-9-29(10-14-31)30-11-15-32(16-12-30)46(58)48-26-36-40(6-2)54-44-38(28-50-56(44)8-4)42(36)52-34-19-23-60-24-20-34/h9-16,27-28,33-34H,5-8,17-26H2,1-4H3,(H,47,57)(H,48,58)(H,51,53)(H,52,54). The van der Waals surface area contributed by atoms with Crippen LogP contribution in [-0.4, -0.2) is 79.9 Å². The molecule has 8 rings (SSSR count). The topological polar surface area (TPSA) is 162 Å². The first-order valence-corrected chi connectivity index (χ1v) is 21.6. The molecule has 2 fully saturated rings. The molecule has 0 unspecified atom stereocenters. The van der Waals surface area contributed by atoms with E-state index in [4.69, 9.17) is 19.4 Å². The van der Waals surface area contributed by atoms with Crippen LogP contribution in [0.15, 0.2) is 60.9 Å². The minimum Gasteiger partial charge on any atom is -0.381 e. The summed E-state index contributed by atoms with van der Waals surface area (Å²) in [5, 5.41) is 25.0. The number of carbonyl (C=O) groups is 2. The van der Waals surface area contributed by atoms with Crippen molar-refractivity contribution in [2.24, 2.45) is 0 Å². The van der Waals surface area contributed by atoms with E-state index in [1.54, 1.807) is 0 Å². The van der Waals surface area contributed by atoms with Gasteiger partial charge in [0.15, 0.2) is 11.3 Å². The quantitative estimate of drug-likeness (QED) is 0.0846. The van der Waals surface area contributed by atoms with Gasteiger partial charge in [-0.2, -0.15) is 10.2 Å². The van der Waals surface area contributed by atoms with E-state index in [1.165, 1.54) is 0 Å². The minimum absolute atomic E-state index is 0.164. The van der Waals surface area contributed by atoms with Crippen LogP contribution in [0, 0.1) is 0 Å². The van der Waals surface area contributed by atoms with E-state index < -0.39 is 0 Å². The number of rotatable bonds is 15. The molecule has 0 aliphatic carbocycles. The van der Waals surface area contributed by atoms with Gasteiger partial charge in [-0.3, -0.25) is 9.59 Å². The predicted molar refractivity (Wildman–Crippen MR) is 234 cm³/mol. The fourth-order valence-corrected chi connectivity index (χ4v) is 8.37. The molecular formula is C46H56N10O4. The first kappa shape index (κ1) is 40.9. The number of pyridine rings is 2. The molecule has 60 heavy (non-hydrogen) atoms. The third-order valence-electron chi connectivity index (χ3n) is 11.8. The summed E-state index contributed by atoms with van der Waals surface area (Å²) in [6.45, 7) is 13.3. The number of anilines is 2. The molecule has 0 atom stereocenters. The highest BCUT2D eigenvalue weighted by Gasteiger charge is 2.24. The molecule has 0 saturated carbocycles. The molecule has 6 heterocycles. The third kappa shape index (κ3) is 8.57.